The van der Waals surface area contributed by atoms with Crippen molar-refractivity contribution >= 4 is 11.8 Å². The Morgan fingerprint density at radius 3 is 2.67 bits per heavy atom. The highest BCUT2D eigenvalue weighted by Crippen LogP contribution is 2.31. The Kier molecular flexibility index (Phi) is 6.23. The standard InChI is InChI=1S/C17H21F3N2O2/c18-17(19,20)14-8-4-3-7-13(14)16(24)21-10-6-12-22-11-5-1-2-9-15(22)23/h3-4,7-8H,1-2,5-6,9-12H2,(H,21,24). The number of nitrogens with zero attached hydrogens (tertiary/aromatic N) is 1. The molecule has 1 aromatic rings. The Morgan fingerprint density at radius 2 is 1.92 bits per heavy atom. The summed E-state index contributed by atoms with van der Waals surface area (Å²) >= 11 is 0. The highest BCUT2D eigenvalue weighted by Gasteiger charge is 2.34. The maximum absolute atomic E-state index is 12.9. The van der Waals surface area contributed by atoms with Crippen molar-refractivity contribution in [3.8, 4) is 0 Å². The first kappa shape index (κ1) is 18.3. The van der Waals surface area contributed by atoms with Gasteiger partial charge in [0.15, 0.2) is 0 Å². The molecule has 2 rings (SSSR count). The number of benzene rings is 1. The molecule has 1 aromatic carbocycles. The van der Waals surface area contributed by atoms with Crippen LogP contribution in [0.15, 0.2) is 24.3 Å². The number of carbonyl (C=O) groups excluding carboxylic acids is 2. The molecule has 1 aliphatic heterocycles. The molecule has 1 fully saturated rings. The van der Waals surface area contributed by atoms with Crippen LogP contribution in [0.1, 0.15) is 48.0 Å². The van der Waals surface area contributed by atoms with Crippen molar-refractivity contribution < 1.29 is 22.8 Å². The van der Waals surface area contributed by atoms with Gasteiger partial charge in [0.2, 0.25) is 5.91 Å². The van der Waals surface area contributed by atoms with Crippen LogP contribution in [-0.4, -0.2) is 36.3 Å². The van der Waals surface area contributed by atoms with Crippen molar-refractivity contribution in [1.82, 2.24) is 10.2 Å². The molecule has 7 heteroatoms. The van der Waals surface area contributed by atoms with E-state index in [0.29, 0.717) is 25.9 Å². The third kappa shape index (κ3) is 4.97. The van der Waals surface area contributed by atoms with Gasteiger partial charge in [-0.3, -0.25) is 9.59 Å². The number of likely N-dealkylation sites (tertiary alicyclic amines) is 1. The third-order valence-electron chi connectivity index (χ3n) is 4.04. The molecule has 0 aliphatic carbocycles. The second kappa shape index (κ2) is 8.17. The molecule has 0 saturated carbocycles. The average molecular weight is 342 g/mol. The van der Waals surface area contributed by atoms with Gasteiger partial charge in [0, 0.05) is 26.1 Å². The van der Waals surface area contributed by atoms with Gasteiger partial charge in [-0.1, -0.05) is 18.6 Å². The van der Waals surface area contributed by atoms with Gasteiger partial charge in [-0.15, -0.1) is 0 Å². The second-order valence-electron chi connectivity index (χ2n) is 5.84. The monoisotopic (exact) mass is 342 g/mol. The van der Waals surface area contributed by atoms with Crippen molar-refractivity contribution in [3.05, 3.63) is 35.4 Å². The van der Waals surface area contributed by atoms with E-state index in [-0.39, 0.29) is 18.0 Å². The Balaban J connectivity index is 1.85. The maximum atomic E-state index is 12.9. The molecule has 24 heavy (non-hydrogen) atoms. The van der Waals surface area contributed by atoms with Crippen LogP contribution in [0, 0.1) is 0 Å². The van der Waals surface area contributed by atoms with Gasteiger partial charge in [0.05, 0.1) is 11.1 Å². The van der Waals surface area contributed by atoms with E-state index in [1.54, 1.807) is 4.90 Å². The number of alkyl halides is 3. The number of amides is 2. The molecule has 1 N–H and O–H groups in total. The number of nitrogens with one attached hydrogen (secondary N) is 1. The first-order valence-corrected chi connectivity index (χ1v) is 8.12. The summed E-state index contributed by atoms with van der Waals surface area (Å²) in [6, 6.07) is 4.71. The zero-order valence-corrected chi connectivity index (χ0v) is 13.4. The summed E-state index contributed by atoms with van der Waals surface area (Å²) in [5.74, 6) is -0.633. The van der Waals surface area contributed by atoms with Gasteiger partial charge in [-0.25, -0.2) is 0 Å². The van der Waals surface area contributed by atoms with E-state index in [2.05, 4.69) is 5.32 Å². The van der Waals surface area contributed by atoms with Gasteiger partial charge in [-0.05, 0) is 31.4 Å². The fourth-order valence-corrected chi connectivity index (χ4v) is 2.77. The lowest BCUT2D eigenvalue weighted by molar-refractivity contribution is -0.138. The van der Waals surface area contributed by atoms with E-state index in [0.717, 1.165) is 31.4 Å². The van der Waals surface area contributed by atoms with Crippen LogP contribution in [-0.2, 0) is 11.0 Å². The van der Waals surface area contributed by atoms with Gasteiger partial charge in [0.25, 0.3) is 5.91 Å². The molecule has 132 valence electrons. The summed E-state index contributed by atoms with van der Waals surface area (Å²) in [5, 5.41) is 2.50. The molecule has 4 nitrogen and oxygen atoms in total. The molecule has 1 saturated heterocycles. The fraction of sp³-hybridized carbons (Fsp3) is 0.529. The summed E-state index contributed by atoms with van der Waals surface area (Å²) in [7, 11) is 0. The Morgan fingerprint density at radius 1 is 1.17 bits per heavy atom. The van der Waals surface area contributed by atoms with Crippen molar-refractivity contribution in [2.75, 3.05) is 19.6 Å². The first-order chi connectivity index (χ1) is 11.4. The molecule has 0 radical (unpaired) electrons. The fourth-order valence-electron chi connectivity index (χ4n) is 2.77. The summed E-state index contributed by atoms with van der Waals surface area (Å²) in [6.45, 7) is 1.46. The van der Waals surface area contributed by atoms with Gasteiger partial charge in [0.1, 0.15) is 0 Å². The molecule has 0 aromatic heterocycles. The van der Waals surface area contributed by atoms with Gasteiger partial charge < -0.3 is 10.2 Å². The smallest absolute Gasteiger partial charge is 0.352 e. The van der Waals surface area contributed by atoms with Crippen molar-refractivity contribution in [1.29, 1.82) is 0 Å². The summed E-state index contributed by atoms with van der Waals surface area (Å²) in [4.78, 5) is 25.6. The maximum Gasteiger partial charge on any atom is 0.417 e. The van der Waals surface area contributed by atoms with E-state index in [9.17, 15) is 22.8 Å². The van der Waals surface area contributed by atoms with Crippen molar-refractivity contribution in [2.24, 2.45) is 0 Å². The average Bonchev–Trinajstić information content (AvgIpc) is 2.75. The minimum absolute atomic E-state index is 0.112. The van der Waals surface area contributed by atoms with E-state index in [4.69, 9.17) is 0 Å². The zero-order valence-electron chi connectivity index (χ0n) is 13.4. The van der Waals surface area contributed by atoms with E-state index >= 15 is 0 Å². The topological polar surface area (TPSA) is 49.4 Å². The van der Waals surface area contributed by atoms with Gasteiger partial charge in [-0.2, -0.15) is 13.2 Å². The van der Waals surface area contributed by atoms with E-state index in [1.165, 1.54) is 12.1 Å². The molecule has 0 atom stereocenters. The Hall–Kier alpha value is -2.05. The Labute approximate surface area is 139 Å². The lowest BCUT2D eigenvalue weighted by Crippen LogP contribution is -2.34. The number of rotatable bonds is 5. The predicted octanol–water partition coefficient (Wildman–Crippen LogP) is 3.23. The molecule has 0 spiro atoms. The van der Waals surface area contributed by atoms with Crippen LogP contribution in [0.25, 0.3) is 0 Å². The number of carbonyl (C=O) groups is 2. The predicted molar refractivity (Wildman–Crippen MR) is 83.4 cm³/mol. The molecular formula is C17H21F3N2O2. The summed E-state index contributed by atoms with van der Waals surface area (Å²) in [6.07, 6.45) is -0.589. The van der Waals surface area contributed by atoms with E-state index < -0.39 is 17.6 Å². The second-order valence-corrected chi connectivity index (χ2v) is 5.84. The summed E-state index contributed by atoms with van der Waals surface area (Å²) in [5.41, 5.74) is -1.32. The molecule has 0 unspecified atom stereocenters. The van der Waals surface area contributed by atoms with Crippen LogP contribution in [0.4, 0.5) is 13.2 Å². The van der Waals surface area contributed by atoms with E-state index in [1.807, 2.05) is 0 Å². The van der Waals surface area contributed by atoms with Gasteiger partial charge >= 0.3 is 6.18 Å². The number of hydrogen-bond donors (Lipinski definition) is 1. The molecule has 2 amide bonds. The summed E-state index contributed by atoms with van der Waals surface area (Å²) < 4.78 is 38.7. The number of hydrogen-bond acceptors (Lipinski definition) is 2. The van der Waals surface area contributed by atoms with Crippen LogP contribution in [0.2, 0.25) is 0 Å². The molecular weight excluding hydrogens is 321 g/mol. The van der Waals surface area contributed by atoms with Crippen LogP contribution in [0.5, 0.6) is 0 Å². The highest BCUT2D eigenvalue weighted by molar-refractivity contribution is 5.95. The normalized spacial score (nSPS) is 16.0. The van der Waals surface area contributed by atoms with Crippen LogP contribution in [0.3, 0.4) is 0 Å². The quantitative estimate of drug-likeness (QED) is 0.835. The highest BCUT2D eigenvalue weighted by atomic mass is 19.4. The van der Waals surface area contributed by atoms with Crippen LogP contribution < -0.4 is 5.32 Å². The number of halogens is 3. The minimum Gasteiger partial charge on any atom is -0.352 e. The van der Waals surface area contributed by atoms with Crippen molar-refractivity contribution in [3.63, 3.8) is 0 Å². The minimum atomic E-state index is -4.56. The Bertz CT molecular complexity index is 587. The lowest BCUT2D eigenvalue weighted by atomic mass is 10.1. The third-order valence-corrected chi connectivity index (χ3v) is 4.04. The zero-order chi connectivity index (χ0) is 17.6. The first-order valence-electron chi connectivity index (χ1n) is 8.12. The molecule has 1 heterocycles. The van der Waals surface area contributed by atoms with Crippen LogP contribution >= 0.6 is 0 Å². The largest absolute Gasteiger partial charge is 0.417 e. The van der Waals surface area contributed by atoms with Crippen molar-refractivity contribution in [2.45, 2.75) is 38.3 Å². The molecule has 1 aliphatic rings. The lowest BCUT2D eigenvalue weighted by Gasteiger charge is -2.20. The SMILES string of the molecule is O=C(NCCCN1CCCCCC1=O)c1ccccc1C(F)(F)F. The molecule has 0 bridgehead atoms.